The Hall–Kier alpha value is -1.90. The number of rotatable bonds is 3. The minimum Gasteiger partial charge on any atom is -0.481 e. The van der Waals surface area contributed by atoms with Crippen LogP contribution in [0.4, 0.5) is 0 Å². The first kappa shape index (κ1) is 15.5. The van der Waals surface area contributed by atoms with Gasteiger partial charge in [0.1, 0.15) is 0 Å². The number of aliphatic carboxylic acids is 1. The van der Waals surface area contributed by atoms with Crippen molar-refractivity contribution in [2.45, 2.75) is 52.9 Å². The fourth-order valence-corrected chi connectivity index (χ4v) is 2.67. The molecule has 1 aromatic heterocycles. The van der Waals surface area contributed by atoms with E-state index in [4.69, 9.17) is 10.1 Å². The van der Waals surface area contributed by atoms with Crippen molar-refractivity contribution < 1.29 is 9.90 Å². The molecular formula is C18H23NO2. The smallest absolute Gasteiger partial charge is 0.303 e. The summed E-state index contributed by atoms with van der Waals surface area (Å²) in [7, 11) is 0. The van der Waals surface area contributed by atoms with E-state index < -0.39 is 5.97 Å². The van der Waals surface area contributed by atoms with Gasteiger partial charge in [-0.15, -0.1) is 0 Å². The molecular weight excluding hydrogens is 262 g/mol. The van der Waals surface area contributed by atoms with Crippen LogP contribution in [-0.4, -0.2) is 16.1 Å². The van der Waals surface area contributed by atoms with Crippen molar-refractivity contribution in [3.05, 3.63) is 40.6 Å². The maximum atomic E-state index is 10.9. The van der Waals surface area contributed by atoms with Gasteiger partial charge in [-0.05, 0) is 49.1 Å². The van der Waals surface area contributed by atoms with Crippen LogP contribution in [0.15, 0.2) is 18.2 Å². The Morgan fingerprint density at radius 2 is 1.86 bits per heavy atom. The largest absolute Gasteiger partial charge is 0.481 e. The van der Waals surface area contributed by atoms with Crippen LogP contribution in [0, 0.1) is 13.8 Å². The highest BCUT2D eigenvalue weighted by Crippen LogP contribution is 2.29. The summed E-state index contributed by atoms with van der Waals surface area (Å²) in [6.45, 7) is 10.5. The van der Waals surface area contributed by atoms with Gasteiger partial charge in [0.2, 0.25) is 0 Å². The number of carbonyl (C=O) groups is 1. The van der Waals surface area contributed by atoms with Crippen LogP contribution in [0.2, 0.25) is 0 Å². The topological polar surface area (TPSA) is 50.2 Å². The monoisotopic (exact) mass is 285 g/mol. The molecule has 1 aromatic carbocycles. The fraction of sp³-hybridized carbons (Fsp3) is 0.444. The molecule has 0 unspecified atom stereocenters. The second kappa shape index (κ2) is 5.47. The van der Waals surface area contributed by atoms with Gasteiger partial charge in [0.25, 0.3) is 0 Å². The predicted octanol–water partition coefficient (Wildman–Crippen LogP) is 4.17. The molecule has 0 saturated carbocycles. The van der Waals surface area contributed by atoms with Crippen molar-refractivity contribution in [2.24, 2.45) is 0 Å². The Balaban J connectivity index is 2.69. The first-order valence-corrected chi connectivity index (χ1v) is 7.31. The van der Waals surface area contributed by atoms with Gasteiger partial charge in [0.05, 0.1) is 5.52 Å². The molecule has 0 atom stereocenters. The molecule has 0 fully saturated rings. The quantitative estimate of drug-likeness (QED) is 0.921. The summed E-state index contributed by atoms with van der Waals surface area (Å²) >= 11 is 0. The van der Waals surface area contributed by atoms with E-state index in [2.05, 4.69) is 52.8 Å². The van der Waals surface area contributed by atoms with Crippen molar-refractivity contribution in [3.8, 4) is 0 Å². The van der Waals surface area contributed by atoms with Crippen molar-refractivity contribution >= 4 is 16.9 Å². The van der Waals surface area contributed by atoms with Gasteiger partial charge >= 0.3 is 5.97 Å². The minimum absolute atomic E-state index is 0.0518. The van der Waals surface area contributed by atoms with Crippen LogP contribution >= 0.6 is 0 Å². The highest BCUT2D eigenvalue weighted by Gasteiger charge is 2.19. The van der Waals surface area contributed by atoms with E-state index in [9.17, 15) is 4.79 Å². The zero-order chi connectivity index (χ0) is 15.8. The van der Waals surface area contributed by atoms with Crippen LogP contribution in [0.1, 0.15) is 49.6 Å². The summed E-state index contributed by atoms with van der Waals surface area (Å²) in [6, 6.07) is 6.29. The molecule has 0 saturated heterocycles. The zero-order valence-electron chi connectivity index (χ0n) is 13.4. The number of fused-ring (bicyclic) bond motifs is 1. The maximum Gasteiger partial charge on any atom is 0.303 e. The molecule has 3 heteroatoms. The van der Waals surface area contributed by atoms with E-state index in [1.54, 1.807) is 0 Å². The number of aromatic nitrogens is 1. The van der Waals surface area contributed by atoms with Gasteiger partial charge < -0.3 is 5.11 Å². The average molecular weight is 285 g/mol. The van der Waals surface area contributed by atoms with E-state index in [0.29, 0.717) is 6.42 Å². The summed E-state index contributed by atoms with van der Waals surface area (Å²) in [5, 5.41) is 10.1. The lowest BCUT2D eigenvalue weighted by Crippen LogP contribution is -2.15. The third kappa shape index (κ3) is 3.41. The summed E-state index contributed by atoms with van der Waals surface area (Å²) in [5.74, 6) is -0.762. The normalized spacial score (nSPS) is 11.9. The summed E-state index contributed by atoms with van der Waals surface area (Å²) in [4.78, 5) is 15.7. The molecule has 0 bridgehead atoms. The van der Waals surface area contributed by atoms with E-state index in [0.717, 1.165) is 22.2 Å². The maximum absolute atomic E-state index is 10.9. The Kier molecular flexibility index (Phi) is 4.04. The highest BCUT2D eigenvalue weighted by molar-refractivity contribution is 5.87. The number of hydrogen-bond acceptors (Lipinski definition) is 2. The summed E-state index contributed by atoms with van der Waals surface area (Å²) in [5.41, 5.74) is 5.37. The third-order valence-corrected chi connectivity index (χ3v) is 3.71. The van der Waals surface area contributed by atoms with Crippen LogP contribution in [0.25, 0.3) is 10.9 Å². The second-order valence-corrected chi connectivity index (χ2v) is 6.79. The van der Waals surface area contributed by atoms with Gasteiger partial charge in [-0.3, -0.25) is 9.78 Å². The molecule has 0 aliphatic heterocycles. The van der Waals surface area contributed by atoms with E-state index in [1.807, 2.05) is 0 Å². The molecule has 2 aromatic rings. The molecule has 0 spiro atoms. The Labute approximate surface area is 126 Å². The standard InChI is InChI=1S/C18H23NO2/c1-11-8-12(2)17-13(6-7-16(20)21)10-15(18(3,4)5)19-14(17)9-11/h8-10H,6-7H2,1-5H3,(H,20,21). The molecule has 0 amide bonds. The second-order valence-electron chi connectivity index (χ2n) is 6.79. The number of benzene rings is 1. The van der Waals surface area contributed by atoms with Gasteiger partial charge in [-0.1, -0.05) is 26.8 Å². The van der Waals surface area contributed by atoms with Crippen LogP contribution in [0.3, 0.4) is 0 Å². The molecule has 0 radical (unpaired) electrons. The van der Waals surface area contributed by atoms with Crippen molar-refractivity contribution in [3.63, 3.8) is 0 Å². The summed E-state index contributed by atoms with van der Waals surface area (Å²) < 4.78 is 0. The van der Waals surface area contributed by atoms with E-state index in [-0.39, 0.29) is 11.8 Å². The molecule has 2 rings (SSSR count). The van der Waals surface area contributed by atoms with E-state index in [1.165, 1.54) is 11.1 Å². The first-order chi connectivity index (χ1) is 9.68. The third-order valence-electron chi connectivity index (χ3n) is 3.71. The minimum atomic E-state index is -0.762. The van der Waals surface area contributed by atoms with Crippen LogP contribution in [0.5, 0.6) is 0 Å². The number of nitrogens with zero attached hydrogens (tertiary/aromatic N) is 1. The Morgan fingerprint density at radius 3 is 2.43 bits per heavy atom. The number of aryl methyl sites for hydroxylation is 3. The van der Waals surface area contributed by atoms with Gasteiger partial charge in [-0.25, -0.2) is 0 Å². The molecule has 112 valence electrons. The zero-order valence-corrected chi connectivity index (χ0v) is 13.4. The molecule has 21 heavy (non-hydrogen) atoms. The number of carboxylic acid groups (broad SMARTS) is 1. The summed E-state index contributed by atoms with van der Waals surface area (Å²) in [6.07, 6.45) is 0.692. The van der Waals surface area contributed by atoms with Crippen LogP contribution < -0.4 is 0 Å². The predicted molar refractivity (Wildman–Crippen MR) is 85.9 cm³/mol. The molecule has 0 aliphatic rings. The lowest BCUT2D eigenvalue weighted by atomic mass is 9.88. The van der Waals surface area contributed by atoms with Crippen molar-refractivity contribution in [2.75, 3.05) is 0 Å². The Bertz CT molecular complexity index is 696. The Morgan fingerprint density at radius 1 is 1.19 bits per heavy atom. The average Bonchev–Trinajstić information content (AvgIpc) is 2.33. The van der Waals surface area contributed by atoms with Gasteiger partial charge in [-0.2, -0.15) is 0 Å². The lowest BCUT2D eigenvalue weighted by Gasteiger charge is -2.21. The van der Waals surface area contributed by atoms with E-state index >= 15 is 0 Å². The number of pyridine rings is 1. The van der Waals surface area contributed by atoms with Gasteiger partial charge in [0, 0.05) is 22.9 Å². The first-order valence-electron chi connectivity index (χ1n) is 7.31. The van der Waals surface area contributed by atoms with Crippen LogP contribution in [-0.2, 0) is 16.6 Å². The molecule has 1 heterocycles. The van der Waals surface area contributed by atoms with Crippen molar-refractivity contribution in [1.82, 2.24) is 4.98 Å². The number of hydrogen-bond donors (Lipinski definition) is 1. The van der Waals surface area contributed by atoms with Gasteiger partial charge in [0.15, 0.2) is 0 Å². The molecule has 3 nitrogen and oxygen atoms in total. The molecule has 1 N–H and O–H groups in total. The fourth-order valence-electron chi connectivity index (χ4n) is 2.67. The highest BCUT2D eigenvalue weighted by atomic mass is 16.4. The lowest BCUT2D eigenvalue weighted by molar-refractivity contribution is -0.136. The number of carboxylic acids is 1. The molecule has 0 aliphatic carbocycles. The van der Waals surface area contributed by atoms with Crippen molar-refractivity contribution in [1.29, 1.82) is 0 Å². The SMILES string of the molecule is Cc1cc(C)c2c(CCC(=O)O)cc(C(C)(C)C)nc2c1.